The molecule has 0 N–H and O–H groups in total. The van der Waals surface area contributed by atoms with Crippen LogP contribution in [0.25, 0.3) is 0 Å². The van der Waals surface area contributed by atoms with Gasteiger partial charge in [0.05, 0.1) is 17.7 Å². The Bertz CT molecular complexity index is 3380. The summed E-state index contributed by atoms with van der Waals surface area (Å²) < 4.78 is 23.9. The molecule has 880 valence electrons. The molecule has 11 heteroatoms. The SMILES string of the molecule is C.C.C.C.C.C.C.C.C.C.C=C1CCC(C(C)C)N1C.CC(C)C1C2CC1CN(C)C2.CC(C)C1C2CN(C)CC21.CC(C)C1CC1.CC(C)C1CCC1.CC(C)C1CCCC1.CC(C)C1CCCCC1.CC(C)C1CCCCC1.CC(C)C1CCCN(C)C1.CC(C)C1CCN(C)C1.CC(C)C1CCN(C)CC1.CC(C)C1CCS(=O)(=O)CC1.CC(C)c1ccccc1.CC(C)c1ccccc1.CC(C)c1cnn(C)c1. The molecule has 7 aliphatic carbocycles. The van der Waals surface area contributed by atoms with Crippen molar-refractivity contribution >= 4 is 9.84 Å². The van der Waals surface area contributed by atoms with Gasteiger partial charge in [0.15, 0.2) is 0 Å². The minimum absolute atomic E-state index is 0. The van der Waals surface area contributed by atoms with Crippen LogP contribution in [-0.2, 0) is 16.9 Å². The molecule has 15 aliphatic rings. The van der Waals surface area contributed by atoms with E-state index in [2.05, 4.69) is 340 Å². The third-order valence-electron chi connectivity index (χ3n) is 35.0. The number of hydrogen-bond acceptors (Lipinski definition) is 9. The summed E-state index contributed by atoms with van der Waals surface area (Å²) in [5.41, 5.74) is 5.44. The third kappa shape index (κ3) is 66.9. The zero-order valence-electron chi connectivity index (χ0n) is 98.3. The number of benzene rings is 2. The number of rotatable bonds is 15. The summed E-state index contributed by atoms with van der Waals surface area (Å²) in [5, 5.41) is 4.05. The first-order valence-electron chi connectivity index (χ1n) is 58.6. The van der Waals surface area contributed by atoms with E-state index in [4.69, 9.17) is 0 Å². The summed E-state index contributed by atoms with van der Waals surface area (Å²) in [4.78, 5) is 14.6. The van der Waals surface area contributed by atoms with Crippen LogP contribution in [0.3, 0.4) is 0 Å². The molecule has 147 heavy (non-hydrogen) atoms. The average molecular weight is 2090 g/mol. The summed E-state index contributed by atoms with van der Waals surface area (Å²) in [6.07, 6.45) is 45.2. The minimum Gasteiger partial charge on any atom is -0.375 e. The van der Waals surface area contributed by atoms with Gasteiger partial charge in [-0.2, -0.15) is 5.10 Å². The second kappa shape index (κ2) is 86.0. The Hall–Kier alpha value is -3.06. The van der Waals surface area contributed by atoms with Gasteiger partial charge in [-0.15, -0.1) is 0 Å². The van der Waals surface area contributed by atoms with Crippen LogP contribution >= 0.6 is 0 Å². The molecule has 1 aromatic heterocycles. The Labute approximate surface area is 931 Å². The van der Waals surface area contributed by atoms with Crippen LogP contribution in [0, 0.1) is 160 Å². The van der Waals surface area contributed by atoms with Crippen molar-refractivity contribution < 1.29 is 8.42 Å². The molecule has 9 heterocycles. The summed E-state index contributed by atoms with van der Waals surface area (Å²) >= 11 is 0. The van der Waals surface area contributed by atoms with E-state index in [9.17, 15) is 8.42 Å². The van der Waals surface area contributed by atoms with E-state index >= 15 is 0 Å². The summed E-state index contributed by atoms with van der Waals surface area (Å²) in [7, 11) is 12.6. The van der Waals surface area contributed by atoms with E-state index < -0.39 is 9.84 Å². The second-order valence-electron chi connectivity index (χ2n) is 51.6. The molecule has 0 amide bonds. The normalized spacial score (nSPS) is 23.6. The van der Waals surface area contributed by atoms with E-state index in [-0.39, 0.29) is 74.3 Å². The highest BCUT2D eigenvalue weighted by Gasteiger charge is 2.55. The molecule has 15 fully saturated rings. The fourth-order valence-electron chi connectivity index (χ4n) is 23.8. The van der Waals surface area contributed by atoms with Gasteiger partial charge >= 0.3 is 0 Å². The van der Waals surface area contributed by atoms with Crippen LogP contribution in [0.2, 0.25) is 0 Å². The number of allylic oxidation sites excluding steroid dienone is 1. The molecule has 10 nitrogen and oxygen atoms in total. The standard InChI is InChI=1S/C10H19N.2C9H17N.2C9H19N.2C9H18.2C9H12.C8H17N.C8H16O2S.C8H16.C7H12N2.C7H14.C6H12.10CH4/c1-7(2)10-8-4-9(10)6-11(3)5-8;1-6(2)9-7-4-10(3)5-8(7)9;1-7(2)9-6-5-8(3)10(9)4;1-8(2)9-4-6-10(3)7-5-9;1-8(2)9-5-4-6-10(3)7-9;4*1-8(2)9-6-4-3-5-7-9;1-7(2)8-4-5-9(3)6-8;1-7(2)8-3-5-11(9,10)6-4-8;1-7(2)8-5-3-4-6-8;1-6(2)7-4-8-9(3)5-7;1-6(2)7-4-3-5-7;1-5(2)6-3-4-6;;;;;;;;;;/h7-10H,4-6H2,1-3H3;6-9H,4-5H2,1-3H3;7,9H,3,5-6H2,1-2,4H3;2*8-9H,4-7H2,1-3H3;2*8-9H,3-7H2,1-2H3;2*3-8H,1-2H3;7-8H,4-6H2,1-3H3;7-8H,3-6H2,1-2H3;7-8H,3-6H2,1-2H3;4-6H,1-3H3;6-7H,3-5H2,1-2H3;5-6H,3-4H2,1-2H3;10*1H4. The number of sulfone groups is 1. The molecule has 2 aromatic carbocycles. The lowest BCUT2D eigenvalue weighted by Crippen LogP contribution is -2.55. The number of aryl methyl sites for hydroxylation is 1. The molecule has 7 saturated carbocycles. The number of piperidine rings is 5. The quantitative estimate of drug-likeness (QED) is 0.148. The zero-order valence-corrected chi connectivity index (χ0v) is 99.1. The number of aromatic nitrogens is 2. The van der Waals surface area contributed by atoms with Crippen LogP contribution in [-0.4, -0.2) is 173 Å². The molecule has 8 saturated heterocycles. The van der Waals surface area contributed by atoms with Crippen molar-refractivity contribution in [2.45, 2.75) is 492 Å². The van der Waals surface area contributed by atoms with Crippen LogP contribution in [0.1, 0.15) is 503 Å². The maximum atomic E-state index is 11.0. The van der Waals surface area contributed by atoms with E-state index in [0.29, 0.717) is 41.1 Å². The average Bonchev–Trinajstić information content (AvgIpc) is 1.62. The highest BCUT2D eigenvalue weighted by Crippen LogP contribution is 2.55. The van der Waals surface area contributed by atoms with Gasteiger partial charge in [-0.25, -0.2) is 8.42 Å². The van der Waals surface area contributed by atoms with E-state index in [1.165, 1.54) is 261 Å². The highest BCUT2D eigenvalue weighted by atomic mass is 32.2. The van der Waals surface area contributed by atoms with Gasteiger partial charge in [0.1, 0.15) is 9.84 Å². The largest absolute Gasteiger partial charge is 0.375 e. The predicted octanol–water partition coefficient (Wildman–Crippen LogP) is 39.9. The molecule has 2 bridgehead atoms. The Kier molecular flexibility index (Phi) is 93.2. The van der Waals surface area contributed by atoms with Gasteiger partial charge in [0, 0.05) is 71.3 Å². The van der Waals surface area contributed by atoms with Gasteiger partial charge in [0.25, 0.3) is 0 Å². The Balaban J connectivity index is -0.000000234. The molecule has 7 unspecified atom stereocenters. The summed E-state index contributed by atoms with van der Waals surface area (Å²) in [6.45, 7) is 86.2. The molecule has 7 atom stereocenters. The summed E-state index contributed by atoms with van der Waals surface area (Å²) in [6, 6.07) is 21.8. The van der Waals surface area contributed by atoms with E-state index in [1.807, 2.05) is 36.3 Å². The number of nitrogens with zero attached hydrogens (tertiary/aromatic N) is 8. The summed E-state index contributed by atoms with van der Waals surface area (Å²) in [5.74, 6) is 28.7. The molecule has 3 aromatic rings. The van der Waals surface area contributed by atoms with E-state index in [0.717, 1.165) is 167 Å². The molecule has 18 rings (SSSR count). The van der Waals surface area contributed by atoms with Crippen molar-refractivity contribution in [1.82, 2.24) is 39.2 Å². The predicted molar refractivity (Wildman–Crippen MR) is 677 cm³/mol. The maximum absolute atomic E-state index is 11.0. The third-order valence-corrected chi connectivity index (χ3v) is 36.7. The maximum Gasteiger partial charge on any atom is 0.150 e. The monoisotopic (exact) mass is 2090 g/mol. The van der Waals surface area contributed by atoms with Crippen molar-refractivity contribution in [1.29, 1.82) is 0 Å². The number of likely N-dealkylation sites (tertiary alicyclic amines) is 5. The van der Waals surface area contributed by atoms with E-state index in [1.54, 1.807) is 0 Å². The first-order chi connectivity index (χ1) is 64.4. The Morgan fingerprint density at radius 2 is 0.571 bits per heavy atom. The fraction of sp³-hybridized carbons (Fsp3) is 0.875. The van der Waals surface area contributed by atoms with Gasteiger partial charge in [-0.1, -0.05) is 458 Å². The van der Waals surface area contributed by atoms with Gasteiger partial charge in [-0.3, -0.25) is 4.68 Å². The van der Waals surface area contributed by atoms with Crippen molar-refractivity contribution in [3.63, 3.8) is 0 Å². The van der Waals surface area contributed by atoms with Crippen LogP contribution in [0.5, 0.6) is 0 Å². The molecular formula is C136H278N8O2S. The minimum atomic E-state index is -2.65. The first-order valence-corrected chi connectivity index (χ1v) is 60.4. The molecular weight excluding hydrogens is 1810 g/mol. The van der Waals surface area contributed by atoms with Crippen LogP contribution in [0.15, 0.2) is 85.3 Å². The lowest BCUT2D eigenvalue weighted by atomic mass is 9.58. The van der Waals surface area contributed by atoms with Crippen LogP contribution in [0.4, 0.5) is 0 Å². The molecule has 8 aliphatic heterocycles. The number of fused-ring (bicyclic) bond motifs is 3. The lowest BCUT2D eigenvalue weighted by Gasteiger charge is -2.54. The molecule has 0 spiro atoms. The Morgan fingerprint density at radius 1 is 0.279 bits per heavy atom. The van der Waals surface area contributed by atoms with Gasteiger partial charge < -0.3 is 29.4 Å². The van der Waals surface area contributed by atoms with Crippen molar-refractivity contribution in [2.75, 3.05) is 119 Å². The fourth-order valence-corrected chi connectivity index (χ4v) is 25.3. The first kappa shape index (κ1) is 159. The van der Waals surface area contributed by atoms with Crippen molar-refractivity contribution in [2.24, 2.45) is 167 Å². The van der Waals surface area contributed by atoms with Crippen molar-refractivity contribution in [3.8, 4) is 0 Å². The Morgan fingerprint density at radius 3 is 0.803 bits per heavy atom. The second-order valence-corrected chi connectivity index (χ2v) is 53.9. The number of hydrogen-bond donors (Lipinski definition) is 0. The smallest absolute Gasteiger partial charge is 0.150 e. The van der Waals surface area contributed by atoms with Gasteiger partial charge in [-0.05, 0) is 333 Å². The van der Waals surface area contributed by atoms with Crippen molar-refractivity contribution in [3.05, 3.63) is 102 Å². The lowest BCUT2D eigenvalue weighted by molar-refractivity contribution is -0.0565. The van der Waals surface area contributed by atoms with Crippen LogP contribution < -0.4 is 0 Å². The highest BCUT2D eigenvalue weighted by molar-refractivity contribution is 7.91. The topological polar surface area (TPSA) is 71.4 Å². The zero-order chi connectivity index (χ0) is 103. The van der Waals surface area contributed by atoms with Gasteiger partial charge in [0.2, 0.25) is 0 Å². The molecule has 0 radical (unpaired) electrons.